The molecule has 10 heteroatoms. The lowest BCUT2D eigenvalue weighted by Crippen LogP contribution is -2.31. The van der Waals surface area contributed by atoms with Crippen LogP contribution in [0.2, 0.25) is 10.0 Å². The van der Waals surface area contributed by atoms with E-state index in [1.54, 1.807) is 31.2 Å². The summed E-state index contributed by atoms with van der Waals surface area (Å²) in [4.78, 5) is 11.9. The van der Waals surface area contributed by atoms with Gasteiger partial charge in [0.05, 0.1) is 38.3 Å². The third-order valence-electron chi connectivity index (χ3n) is 4.00. The van der Waals surface area contributed by atoms with Gasteiger partial charge in [-0.25, -0.2) is 13.1 Å². The van der Waals surface area contributed by atoms with Crippen molar-refractivity contribution in [3.05, 3.63) is 52.0 Å². The van der Waals surface area contributed by atoms with Crippen LogP contribution in [0.15, 0.2) is 41.3 Å². The molecule has 7 nitrogen and oxygen atoms in total. The van der Waals surface area contributed by atoms with Gasteiger partial charge in [0.25, 0.3) is 0 Å². The maximum absolute atomic E-state index is 13.1. The fourth-order valence-electron chi connectivity index (χ4n) is 2.62. The highest BCUT2D eigenvalue weighted by Gasteiger charge is 2.28. The van der Waals surface area contributed by atoms with Crippen molar-refractivity contribution >= 4 is 39.2 Å². The first-order valence-electron chi connectivity index (χ1n) is 8.57. The van der Waals surface area contributed by atoms with E-state index < -0.39 is 22.0 Å². The SMILES string of the molecule is CCOC(=O)C[C@H](NS(=O)(=O)c1ccc(Cl)c(Cl)c1OC)c1ccc(OC)cc1. The normalized spacial score (nSPS) is 12.3. The molecule has 29 heavy (non-hydrogen) atoms. The smallest absolute Gasteiger partial charge is 0.307 e. The number of hydrogen-bond acceptors (Lipinski definition) is 6. The molecule has 0 fully saturated rings. The Balaban J connectivity index is 2.43. The first-order valence-corrected chi connectivity index (χ1v) is 10.8. The summed E-state index contributed by atoms with van der Waals surface area (Å²) in [5.74, 6) is -0.0361. The van der Waals surface area contributed by atoms with Crippen molar-refractivity contribution in [1.29, 1.82) is 0 Å². The minimum atomic E-state index is -4.12. The van der Waals surface area contributed by atoms with Crippen LogP contribution in [0.3, 0.4) is 0 Å². The molecule has 0 saturated heterocycles. The third kappa shape index (κ3) is 5.76. The van der Waals surface area contributed by atoms with Crippen LogP contribution in [0.1, 0.15) is 24.9 Å². The lowest BCUT2D eigenvalue weighted by Gasteiger charge is -2.20. The van der Waals surface area contributed by atoms with Crippen molar-refractivity contribution in [2.75, 3.05) is 20.8 Å². The Hall–Kier alpha value is -2.00. The molecule has 0 unspecified atom stereocenters. The Bertz CT molecular complexity index is 963. The molecule has 0 spiro atoms. The molecular weight excluding hydrogens is 441 g/mol. The number of methoxy groups -OCH3 is 2. The minimum absolute atomic E-state index is 0.0246. The van der Waals surface area contributed by atoms with E-state index >= 15 is 0 Å². The molecule has 2 aromatic rings. The molecule has 0 radical (unpaired) electrons. The zero-order valence-electron chi connectivity index (χ0n) is 16.1. The number of carbonyl (C=O) groups excluding carboxylic acids is 1. The fourth-order valence-corrected chi connectivity index (χ4v) is 4.46. The Kier molecular flexibility index (Phi) is 8.15. The fraction of sp³-hybridized carbons (Fsp3) is 0.316. The second-order valence-corrected chi connectivity index (χ2v) is 8.32. The molecule has 1 N–H and O–H groups in total. The van der Waals surface area contributed by atoms with Crippen LogP contribution in [-0.4, -0.2) is 35.2 Å². The summed E-state index contributed by atoms with van der Waals surface area (Å²) in [5.41, 5.74) is 0.557. The summed E-state index contributed by atoms with van der Waals surface area (Å²) in [6.45, 7) is 1.85. The van der Waals surface area contributed by atoms with Gasteiger partial charge in [0.2, 0.25) is 10.0 Å². The molecule has 2 aromatic carbocycles. The summed E-state index contributed by atoms with van der Waals surface area (Å²) in [6.07, 6.45) is -0.205. The average molecular weight is 462 g/mol. The first kappa shape index (κ1) is 23.3. The molecule has 0 heterocycles. The largest absolute Gasteiger partial charge is 0.497 e. The van der Waals surface area contributed by atoms with Gasteiger partial charge in [-0.3, -0.25) is 4.79 Å². The molecular formula is C19H21Cl2NO6S. The predicted octanol–water partition coefficient (Wildman–Crippen LogP) is 3.98. The number of nitrogens with one attached hydrogen (secondary N) is 1. The van der Waals surface area contributed by atoms with Gasteiger partial charge in [-0.05, 0) is 36.8 Å². The molecule has 0 saturated carbocycles. The van der Waals surface area contributed by atoms with E-state index in [9.17, 15) is 13.2 Å². The molecule has 0 amide bonds. The summed E-state index contributed by atoms with van der Waals surface area (Å²) >= 11 is 12.0. The van der Waals surface area contributed by atoms with Gasteiger partial charge >= 0.3 is 5.97 Å². The Morgan fingerprint density at radius 1 is 1.07 bits per heavy atom. The molecule has 0 aliphatic heterocycles. The highest BCUT2D eigenvalue weighted by molar-refractivity contribution is 7.89. The molecule has 0 aliphatic carbocycles. The van der Waals surface area contributed by atoms with Crippen molar-refractivity contribution in [3.63, 3.8) is 0 Å². The number of carbonyl (C=O) groups is 1. The standard InChI is InChI=1S/C19H21Cl2NO6S/c1-4-28-17(23)11-15(12-5-7-13(26-2)8-6-12)22-29(24,25)16-10-9-14(20)18(21)19(16)27-3/h5-10,15,22H,4,11H2,1-3H3/t15-/m0/s1. The van der Waals surface area contributed by atoms with Crippen LogP contribution in [0, 0.1) is 0 Å². The Labute approximate surface area is 179 Å². The Morgan fingerprint density at radius 3 is 2.28 bits per heavy atom. The number of benzene rings is 2. The van der Waals surface area contributed by atoms with Crippen LogP contribution in [0.4, 0.5) is 0 Å². The zero-order valence-corrected chi connectivity index (χ0v) is 18.4. The summed E-state index contributed by atoms with van der Waals surface area (Å²) in [5, 5.41) is 0.129. The Morgan fingerprint density at radius 2 is 1.72 bits per heavy atom. The number of sulfonamides is 1. The van der Waals surface area contributed by atoms with E-state index in [0.717, 1.165) is 0 Å². The third-order valence-corrected chi connectivity index (χ3v) is 6.28. The summed E-state index contributed by atoms with van der Waals surface area (Å²) < 4.78 is 43.9. The number of ether oxygens (including phenoxy) is 3. The van der Waals surface area contributed by atoms with E-state index in [4.69, 9.17) is 37.4 Å². The van der Waals surface area contributed by atoms with Crippen LogP contribution in [-0.2, 0) is 19.6 Å². The second kappa shape index (κ2) is 10.2. The van der Waals surface area contributed by atoms with Crippen LogP contribution in [0.5, 0.6) is 11.5 Å². The number of rotatable bonds is 9. The average Bonchev–Trinajstić information content (AvgIpc) is 2.69. The van der Waals surface area contributed by atoms with Gasteiger partial charge in [-0.1, -0.05) is 35.3 Å². The van der Waals surface area contributed by atoms with Crippen molar-refractivity contribution in [3.8, 4) is 11.5 Å². The van der Waals surface area contributed by atoms with Crippen LogP contribution >= 0.6 is 23.2 Å². The first-order chi connectivity index (χ1) is 13.7. The highest BCUT2D eigenvalue weighted by atomic mass is 35.5. The topological polar surface area (TPSA) is 90.9 Å². The predicted molar refractivity (Wildman–Crippen MR) is 110 cm³/mol. The van der Waals surface area contributed by atoms with Gasteiger partial charge in [-0.2, -0.15) is 0 Å². The van der Waals surface area contributed by atoms with Crippen LogP contribution < -0.4 is 14.2 Å². The van der Waals surface area contributed by atoms with Crippen molar-refractivity contribution in [1.82, 2.24) is 4.72 Å². The van der Waals surface area contributed by atoms with E-state index in [1.807, 2.05) is 0 Å². The monoisotopic (exact) mass is 461 g/mol. The van der Waals surface area contributed by atoms with E-state index in [-0.39, 0.29) is 33.7 Å². The van der Waals surface area contributed by atoms with Gasteiger partial charge in [0.1, 0.15) is 15.7 Å². The van der Waals surface area contributed by atoms with Gasteiger partial charge < -0.3 is 14.2 Å². The van der Waals surface area contributed by atoms with Crippen molar-refractivity contribution in [2.45, 2.75) is 24.3 Å². The number of halogens is 2. The van der Waals surface area contributed by atoms with Crippen molar-refractivity contribution in [2.24, 2.45) is 0 Å². The lowest BCUT2D eigenvalue weighted by atomic mass is 10.0. The molecule has 0 aromatic heterocycles. The zero-order chi connectivity index (χ0) is 21.6. The lowest BCUT2D eigenvalue weighted by molar-refractivity contribution is -0.143. The van der Waals surface area contributed by atoms with Gasteiger partial charge in [-0.15, -0.1) is 0 Å². The van der Waals surface area contributed by atoms with Crippen LogP contribution in [0.25, 0.3) is 0 Å². The summed E-state index contributed by atoms with van der Waals surface area (Å²) in [6, 6.07) is 8.42. The number of hydrogen-bond donors (Lipinski definition) is 1. The maximum atomic E-state index is 13.1. The highest BCUT2D eigenvalue weighted by Crippen LogP contribution is 2.38. The second-order valence-electron chi connectivity index (χ2n) is 5.85. The molecule has 0 bridgehead atoms. The number of esters is 1. The maximum Gasteiger partial charge on any atom is 0.307 e. The van der Waals surface area contributed by atoms with E-state index in [2.05, 4.69) is 4.72 Å². The van der Waals surface area contributed by atoms with Gasteiger partial charge in [0, 0.05) is 0 Å². The van der Waals surface area contributed by atoms with Crippen molar-refractivity contribution < 1.29 is 27.4 Å². The quantitative estimate of drug-likeness (QED) is 0.567. The molecule has 158 valence electrons. The van der Waals surface area contributed by atoms with E-state index in [1.165, 1.54) is 26.4 Å². The molecule has 2 rings (SSSR count). The summed E-state index contributed by atoms with van der Waals surface area (Å²) in [7, 11) is -1.32. The molecule has 0 aliphatic rings. The van der Waals surface area contributed by atoms with E-state index in [0.29, 0.717) is 11.3 Å². The van der Waals surface area contributed by atoms with Gasteiger partial charge in [0.15, 0.2) is 5.75 Å². The minimum Gasteiger partial charge on any atom is -0.497 e. The molecule has 1 atom stereocenters.